The van der Waals surface area contributed by atoms with Gasteiger partial charge in [0.15, 0.2) is 0 Å². The molecule has 0 aliphatic heterocycles. The number of thiophene rings is 1. The molecule has 1 unspecified atom stereocenters. The summed E-state index contributed by atoms with van der Waals surface area (Å²) < 4.78 is 15.1. The molecule has 0 bridgehead atoms. The zero-order valence-electron chi connectivity index (χ0n) is 14.0. The average molecular weight is 357 g/mol. The summed E-state index contributed by atoms with van der Waals surface area (Å²) in [4.78, 5) is 18.0. The Morgan fingerprint density at radius 1 is 1.32 bits per heavy atom. The number of aryl methyl sites for hydroxylation is 2. The molecule has 0 fully saturated rings. The van der Waals surface area contributed by atoms with Crippen molar-refractivity contribution in [1.29, 1.82) is 0 Å². The number of hydrogen-bond donors (Lipinski definition) is 1. The molecule has 4 nitrogen and oxygen atoms in total. The van der Waals surface area contributed by atoms with Gasteiger partial charge in [0, 0.05) is 30.7 Å². The van der Waals surface area contributed by atoms with Crippen LogP contribution in [0.5, 0.6) is 0 Å². The Kier molecular flexibility index (Phi) is 5.60. The van der Waals surface area contributed by atoms with E-state index in [9.17, 15) is 9.18 Å². The molecule has 1 aromatic carbocycles. The van der Waals surface area contributed by atoms with Crippen molar-refractivity contribution in [2.45, 2.75) is 25.3 Å². The van der Waals surface area contributed by atoms with Crippen LogP contribution in [0.1, 0.15) is 35.1 Å². The minimum Gasteiger partial charge on any atom is -0.342 e. The number of imidazole rings is 1. The molecular formula is C19H20FN3OS. The van der Waals surface area contributed by atoms with Crippen LogP contribution in [-0.4, -0.2) is 15.5 Å². The highest BCUT2D eigenvalue weighted by Gasteiger charge is 2.20. The number of amides is 1. The van der Waals surface area contributed by atoms with Crippen molar-refractivity contribution < 1.29 is 9.18 Å². The molecule has 3 rings (SSSR count). The standard InChI is InChI=1S/C19H20FN3OS/c1-23-12-11-21-19(23)18(14-7-9-15(20)10-8-14)22-17(24)6-2-4-16-5-3-13-25-16/h3,5,7-13,18H,2,4,6H2,1H3,(H,22,24). The van der Waals surface area contributed by atoms with Gasteiger partial charge in [-0.2, -0.15) is 0 Å². The number of nitrogens with one attached hydrogen (secondary N) is 1. The first-order valence-corrected chi connectivity index (χ1v) is 9.06. The molecule has 1 atom stereocenters. The Balaban J connectivity index is 1.68. The van der Waals surface area contributed by atoms with Gasteiger partial charge < -0.3 is 9.88 Å². The summed E-state index contributed by atoms with van der Waals surface area (Å²) >= 11 is 1.71. The second kappa shape index (κ2) is 8.07. The monoisotopic (exact) mass is 357 g/mol. The largest absolute Gasteiger partial charge is 0.342 e. The molecule has 1 N–H and O–H groups in total. The first-order chi connectivity index (χ1) is 12.1. The van der Waals surface area contributed by atoms with Gasteiger partial charge in [0.25, 0.3) is 0 Å². The molecule has 0 aliphatic carbocycles. The minimum atomic E-state index is -0.394. The van der Waals surface area contributed by atoms with Crippen LogP contribution in [0.3, 0.4) is 0 Å². The van der Waals surface area contributed by atoms with E-state index >= 15 is 0 Å². The quantitative estimate of drug-likeness (QED) is 0.698. The number of carbonyl (C=O) groups excluding carboxylic acids is 1. The Labute approximate surface area is 150 Å². The van der Waals surface area contributed by atoms with Crippen LogP contribution >= 0.6 is 11.3 Å². The van der Waals surface area contributed by atoms with Crippen molar-refractivity contribution in [3.63, 3.8) is 0 Å². The van der Waals surface area contributed by atoms with Crippen LogP contribution in [0.15, 0.2) is 54.2 Å². The van der Waals surface area contributed by atoms with Crippen molar-refractivity contribution >= 4 is 17.2 Å². The van der Waals surface area contributed by atoms with Crippen LogP contribution in [-0.2, 0) is 18.3 Å². The lowest BCUT2D eigenvalue weighted by Crippen LogP contribution is -2.31. The third-order valence-corrected chi connectivity index (χ3v) is 4.97. The maximum Gasteiger partial charge on any atom is 0.220 e. The van der Waals surface area contributed by atoms with Crippen molar-refractivity contribution in [2.24, 2.45) is 7.05 Å². The van der Waals surface area contributed by atoms with Gasteiger partial charge >= 0.3 is 0 Å². The van der Waals surface area contributed by atoms with Gasteiger partial charge in [0.1, 0.15) is 17.7 Å². The third kappa shape index (κ3) is 4.54. The molecule has 0 spiro atoms. The highest BCUT2D eigenvalue weighted by atomic mass is 32.1. The van der Waals surface area contributed by atoms with Gasteiger partial charge in [0.05, 0.1) is 0 Å². The summed E-state index contributed by atoms with van der Waals surface area (Å²) in [5.74, 6) is 0.386. The van der Waals surface area contributed by atoms with E-state index in [1.54, 1.807) is 29.7 Å². The second-order valence-electron chi connectivity index (χ2n) is 5.88. The maximum absolute atomic E-state index is 13.2. The van der Waals surface area contributed by atoms with Crippen molar-refractivity contribution in [3.05, 3.63) is 76.3 Å². The summed E-state index contributed by atoms with van der Waals surface area (Å²) in [6.45, 7) is 0. The Morgan fingerprint density at radius 2 is 2.12 bits per heavy atom. The molecule has 1 amide bonds. The summed E-state index contributed by atoms with van der Waals surface area (Å²) in [6, 6.07) is 9.86. The van der Waals surface area contributed by atoms with Crippen LogP contribution in [0.25, 0.3) is 0 Å². The van der Waals surface area contributed by atoms with Gasteiger partial charge in [-0.15, -0.1) is 11.3 Å². The maximum atomic E-state index is 13.2. The average Bonchev–Trinajstić information content (AvgIpc) is 3.25. The lowest BCUT2D eigenvalue weighted by atomic mass is 10.1. The number of nitrogens with zero attached hydrogens (tertiary/aromatic N) is 2. The van der Waals surface area contributed by atoms with E-state index < -0.39 is 6.04 Å². The zero-order chi connectivity index (χ0) is 17.6. The molecule has 6 heteroatoms. The molecule has 130 valence electrons. The molecule has 0 saturated heterocycles. The number of rotatable bonds is 7. The van der Waals surface area contributed by atoms with Gasteiger partial charge in [-0.05, 0) is 42.0 Å². The van der Waals surface area contributed by atoms with Crippen LogP contribution < -0.4 is 5.32 Å². The van der Waals surface area contributed by atoms with Crippen LogP contribution in [0.4, 0.5) is 4.39 Å². The Bertz CT molecular complexity index is 812. The van der Waals surface area contributed by atoms with Crippen LogP contribution in [0, 0.1) is 5.82 Å². The van der Waals surface area contributed by atoms with Gasteiger partial charge in [0.2, 0.25) is 5.91 Å². The fourth-order valence-electron chi connectivity index (χ4n) is 2.72. The summed E-state index contributed by atoms with van der Waals surface area (Å²) in [6.07, 6.45) is 5.65. The number of benzene rings is 1. The first kappa shape index (κ1) is 17.4. The second-order valence-corrected chi connectivity index (χ2v) is 6.91. The topological polar surface area (TPSA) is 46.9 Å². The number of aromatic nitrogens is 2. The lowest BCUT2D eigenvalue weighted by molar-refractivity contribution is -0.121. The molecule has 25 heavy (non-hydrogen) atoms. The van der Waals surface area contributed by atoms with E-state index in [1.165, 1.54) is 17.0 Å². The number of carbonyl (C=O) groups is 1. The van der Waals surface area contributed by atoms with E-state index in [0.717, 1.165) is 24.2 Å². The normalized spacial score (nSPS) is 12.1. The summed E-state index contributed by atoms with van der Waals surface area (Å²) in [7, 11) is 1.88. The molecule has 3 aromatic rings. The Morgan fingerprint density at radius 3 is 2.76 bits per heavy atom. The molecule has 0 saturated carbocycles. The van der Waals surface area contributed by atoms with E-state index in [0.29, 0.717) is 6.42 Å². The Hall–Kier alpha value is -2.47. The fourth-order valence-corrected chi connectivity index (χ4v) is 3.47. The fraction of sp³-hybridized carbons (Fsp3) is 0.263. The third-order valence-electron chi connectivity index (χ3n) is 4.03. The predicted molar refractivity (Wildman–Crippen MR) is 96.9 cm³/mol. The van der Waals surface area contributed by atoms with Crippen molar-refractivity contribution in [1.82, 2.24) is 14.9 Å². The molecular weight excluding hydrogens is 337 g/mol. The highest BCUT2D eigenvalue weighted by Crippen LogP contribution is 2.21. The van der Waals surface area contributed by atoms with Crippen molar-refractivity contribution in [3.8, 4) is 0 Å². The number of hydrogen-bond acceptors (Lipinski definition) is 3. The van der Waals surface area contributed by atoms with Gasteiger partial charge in [-0.25, -0.2) is 9.37 Å². The first-order valence-electron chi connectivity index (χ1n) is 8.18. The zero-order valence-corrected chi connectivity index (χ0v) is 14.8. The predicted octanol–water partition coefficient (Wildman–Crippen LogP) is 3.85. The SMILES string of the molecule is Cn1ccnc1C(NC(=O)CCCc1cccs1)c1ccc(F)cc1. The molecule has 2 heterocycles. The van der Waals surface area contributed by atoms with E-state index in [-0.39, 0.29) is 11.7 Å². The van der Waals surface area contributed by atoms with Crippen LogP contribution in [0.2, 0.25) is 0 Å². The summed E-state index contributed by atoms with van der Waals surface area (Å²) in [5.41, 5.74) is 0.808. The summed E-state index contributed by atoms with van der Waals surface area (Å²) in [5, 5.41) is 5.08. The van der Waals surface area contributed by atoms with Gasteiger partial charge in [-0.3, -0.25) is 4.79 Å². The lowest BCUT2D eigenvalue weighted by Gasteiger charge is -2.19. The van der Waals surface area contributed by atoms with E-state index in [2.05, 4.69) is 16.4 Å². The minimum absolute atomic E-state index is 0.0334. The molecule has 2 aromatic heterocycles. The highest BCUT2D eigenvalue weighted by molar-refractivity contribution is 7.09. The van der Waals surface area contributed by atoms with E-state index in [4.69, 9.17) is 0 Å². The smallest absolute Gasteiger partial charge is 0.220 e. The van der Waals surface area contributed by atoms with Gasteiger partial charge in [-0.1, -0.05) is 18.2 Å². The van der Waals surface area contributed by atoms with Crippen molar-refractivity contribution in [2.75, 3.05) is 0 Å². The van der Waals surface area contributed by atoms with E-state index in [1.807, 2.05) is 29.3 Å². The number of halogens is 1. The molecule has 0 aliphatic rings. The molecule has 0 radical (unpaired) electrons.